The average molecular weight is 421 g/mol. The van der Waals surface area contributed by atoms with Crippen molar-refractivity contribution in [3.05, 3.63) is 83.9 Å². The Hall–Kier alpha value is -2.94. The third kappa shape index (κ3) is 2.72. The van der Waals surface area contributed by atoms with Gasteiger partial charge >= 0.3 is 0 Å². The number of hydrogen-bond acceptors (Lipinski definition) is 2. The van der Waals surface area contributed by atoms with Crippen molar-refractivity contribution in [2.24, 2.45) is 0 Å². The fraction of sp³-hybridized carbons (Fsp3) is 0.0714. The van der Waals surface area contributed by atoms with Gasteiger partial charge in [0.1, 0.15) is 0 Å². The van der Waals surface area contributed by atoms with E-state index in [9.17, 15) is 0 Å². The van der Waals surface area contributed by atoms with Gasteiger partial charge in [-0.2, -0.15) is 0 Å². The van der Waals surface area contributed by atoms with Gasteiger partial charge in [-0.25, -0.2) is 0 Å². The normalized spacial score (nSPS) is 12.7. The molecule has 0 spiro atoms. The van der Waals surface area contributed by atoms with E-state index in [-0.39, 0.29) is 0 Å². The average Bonchev–Trinajstić information content (AvgIpc) is 3.26. The molecule has 2 aromatic heterocycles. The second-order valence-electron chi connectivity index (χ2n) is 7.77. The lowest BCUT2D eigenvalue weighted by molar-refractivity contribution is 1.70. The summed E-state index contributed by atoms with van der Waals surface area (Å²) >= 11 is 3.87. The first-order valence-electron chi connectivity index (χ1n) is 10.3. The molecule has 0 aliphatic heterocycles. The van der Waals surface area contributed by atoms with Crippen molar-refractivity contribution in [2.45, 2.75) is 13.8 Å². The second-order valence-corrected chi connectivity index (χ2v) is 9.88. The fourth-order valence-corrected chi connectivity index (χ4v) is 7.07. The van der Waals surface area contributed by atoms with Gasteiger partial charge in [-0.15, -0.1) is 22.7 Å². The van der Waals surface area contributed by atoms with Crippen LogP contribution < -0.4 is 0 Å². The third-order valence-corrected chi connectivity index (χ3v) is 8.26. The predicted octanol–water partition coefficient (Wildman–Crippen LogP) is 9.64. The highest BCUT2D eigenvalue weighted by Gasteiger charge is 2.14. The van der Waals surface area contributed by atoms with Crippen LogP contribution in [0.2, 0.25) is 0 Å². The van der Waals surface area contributed by atoms with E-state index in [1.165, 1.54) is 62.2 Å². The van der Waals surface area contributed by atoms with E-state index in [4.69, 9.17) is 0 Å². The van der Waals surface area contributed by atoms with E-state index >= 15 is 0 Å². The number of rotatable bonds is 2. The zero-order valence-corrected chi connectivity index (χ0v) is 18.5. The van der Waals surface area contributed by atoms with Gasteiger partial charge < -0.3 is 0 Å². The number of thiophene rings is 2. The molecule has 0 bridgehead atoms. The Labute approximate surface area is 183 Å². The van der Waals surface area contributed by atoms with E-state index in [0.29, 0.717) is 0 Å². The van der Waals surface area contributed by atoms with Crippen LogP contribution in [0.15, 0.2) is 72.8 Å². The van der Waals surface area contributed by atoms with Gasteiger partial charge in [-0.1, -0.05) is 48.6 Å². The van der Waals surface area contributed by atoms with Crippen molar-refractivity contribution in [3.8, 4) is 0 Å². The molecule has 4 aromatic carbocycles. The van der Waals surface area contributed by atoms with Gasteiger partial charge in [0.15, 0.2) is 0 Å². The van der Waals surface area contributed by atoms with Crippen molar-refractivity contribution in [3.63, 3.8) is 0 Å². The molecule has 0 aliphatic rings. The molecule has 0 aliphatic carbocycles. The Morgan fingerprint density at radius 2 is 1.00 bits per heavy atom. The zero-order chi connectivity index (χ0) is 20.2. The summed E-state index contributed by atoms with van der Waals surface area (Å²) in [4.78, 5) is 0. The standard InChI is InChI=1S/C28H20S2/c1-3-5-17-7-9-19-13-23-25(15-21(19)11-17)29-28-24-14-20-10-8-18(6-4-2)12-22(20)16-26(24)30-27(23)28/h3-16H,1-2H3/b5-3+,6-4+. The van der Waals surface area contributed by atoms with Gasteiger partial charge in [0.2, 0.25) is 0 Å². The van der Waals surface area contributed by atoms with Crippen molar-refractivity contribution in [2.75, 3.05) is 0 Å². The minimum Gasteiger partial charge on any atom is -0.134 e. The highest BCUT2D eigenvalue weighted by Crippen LogP contribution is 2.46. The maximum Gasteiger partial charge on any atom is 0.0542 e. The summed E-state index contributed by atoms with van der Waals surface area (Å²) in [5.41, 5.74) is 2.52. The Morgan fingerprint density at radius 1 is 0.533 bits per heavy atom. The van der Waals surface area contributed by atoms with Crippen LogP contribution in [0.5, 0.6) is 0 Å². The number of allylic oxidation sites excluding steroid dienone is 2. The van der Waals surface area contributed by atoms with Crippen LogP contribution in [0.4, 0.5) is 0 Å². The lowest BCUT2D eigenvalue weighted by atomic mass is 10.0. The SMILES string of the molecule is C/C=C/c1ccc2cc3c(cc2c1)sc1c2cc4ccc(/C=C/C)cc4cc2sc31. The Morgan fingerprint density at radius 3 is 1.43 bits per heavy atom. The number of fused-ring (bicyclic) bond motifs is 7. The van der Waals surface area contributed by atoms with Crippen LogP contribution in [0.3, 0.4) is 0 Å². The molecule has 0 radical (unpaired) electrons. The van der Waals surface area contributed by atoms with E-state index in [1.807, 2.05) is 22.7 Å². The molecule has 6 rings (SSSR count). The summed E-state index contributed by atoms with van der Waals surface area (Å²) in [5, 5.41) is 8.04. The highest BCUT2D eigenvalue weighted by atomic mass is 32.1. The van der Waals surface area contributed by atoms with Crippen LogP contribution in [-0.4, -0.2) is 0 Å². The maximum atomic E-state index is 2.38. The summed E-state index contributed by atoms with van der Waals surface area (Å²) < 4.78 is 5.61. The molecular formula is C28H20S2. The molecule has 6 aromatic rings. The maximum absolute atomic E-state index is 2.38. The lowest BCUT2D eigenvalue weighted by Crippen LogP contribution is -1.76. The molecule has 30 heavy (non-hydrogen) atoms. The Bertz CT molecular complexity index is 1530. The topological polar surface area (TPSA) is 0 Å². The molecule has 0 unspecified atom stereocenters. The van der Waals surface area contributed by atoms with E-state index in [2.05, 4.69) is 98.8 Å². The first-order valence-corrected chi connectivity index (χ1v) is 11.9. The van der Waals surface area contributed by atoms with Crippen LogP contribution in [0, 0.1) is 0 Å². The molecular weight excluding hydrogens is 400 g/mol. The summed E-state index contributed by atoms with van der Waals surface area (Å²) in [5.74, 6) is 0. The number of benzene rings is 4. The van der Waals surface area contributed by atoms with Gasteiger partial charge in [0.05, 0.1) is 9.40 Å². The summed E-state index contributed by atoms with van der Waals surface area (Å²) in [6.07, 6.45) is 8.52. The molecule has 0 fully saturated rings. The zero-order valence-electron chi connectivity index (χ0n) is 16.9. The summed E-state index contributed by atoms with van der Waals surface area (Å²) in [7, 11) is 0. The Kier molecular flexibility index (Phi) is 4.05. The predicted molar refractivity (Wildman–Crippen MR) is 139 cm³/mol. The third-order valence-electron chi connectivity index (χ3n) is 5.76. The van der Waals surface area contributed by atoms with Crippen LogP contribution in [0.1, 0.15) is 25.0 Å². The molecule has 0 saturated carbocycles. The molecule has 0 amide bonds. The largest absolute Gasteiger partial charge is 0.134 e. The van der Waals surface area contributed by atoms with Gasteiger partial charge in [-0.3, -0.25) is 0 Å². The molecule has 0 N–H and O–H groups in total. The van der Waals surface area contributed by atoms with E-state index in [1.54, 1.807) is 0 Å². The van der Waals surface area contributed by atoms with E-state index in [0.717, 1.165) is 0 Å². The van der Waals surface area contributed by atoms with Gasteiger partial charge in [-0.05, 0) is 82.9 Å². The van der Waals surface area contributed by atoms with Crippen molar-refractivity contribution in [1.82, 2.24) is 0 Å². The fourth-order valence-electron chi connectivity index (χ4n) is 4.37. The van der Waals surface area contributed by atoms with Gasteiger partial charge in [0, 0.05) is 20.2 Å². The van der Waals surface area contributed by atoms with Crippen molar-refractivity contribution in [1.29, 1.82) is 0 Å². The minimum atomic E-state index is 1.26. The highest BCUT2D eigenvalue weighted by molar-refractivity contribution is 7.36. The van der Waals surface area contributed by atoms with Crippen LogP contribution >= 0.6 is 22.7 Å². The minimum absolute atomic E-state index is 1.26. The molecule has 144 valence electrons. The van der Waals surface area contributed by atoms with E-state index < -0.39 is 0 Å². The quantitative estimate of drug-likeness (QED) is 0.261. The smallest absolute Gasteiger partial charge is 0.0542 e. The number of hydrogen-bond donors (Lipinski definition) is 0. The molecule has 0 nitrogen and oxygen atoms in total. The van der Waals surface area contributed by atoms with Gasteiger partial charge in [0.25, 0.3) is 0 Å². The van der Waals surface area contributed by atoms with Crippen molar-refractivity contribution < 1.29 is 0 Å². The second kappa shape index (κ2) is 6.80. The molecule has 0 atom stereocenters. The molecule has 2 heteroatoms. The first kappa shape index (κ1) is 17.9. The lowest BCUT2D eigenvalue weighted by Gasteiger charge is -2.01. The molecule has 0 saturated heterocycles. The summed E-state index contributed by atoms with van der Waals surface area (Å²) in [6, 6.07) is 23.0. The van der Waals surface area contributed by atoms with Crippen LogP contribution in [0.25, 0.3) is 63.3 Å². The van der Waals surface area contributed by atoms with Crippen molar-refractivity contribution >= 4 is 85.9 Å². The molecule has 2 heterocycles. The first-order chi connectivity index (χ1) is 14.7. The monoisotopic (exact) mass is 420 g/mol. The Balaban J connectivity index is 1.62. The van der Waals surface area contributed by atoms with Crippen LogP contribution in [-0.2, 0) is 0 Å². The summed E-state index contributed by atoms with van der Waals surface area (Å²) in [6.45, 7) is 4.13.